The van der Waals surface area contributed by atoms with Gasteiger partial charge in [0, 0.05) is 17.3 Å². The number of aromatic nitrogens is 1. The molecule has 0 saturated carbocycles. The summed E-state index contributed by atoms with van der Waals surface area (Å²) in [6, 6.07) is 3.52. The zero-order chi connectivity index (χ0) is 16.5. The minimum Gasteiger partial charge on any atom is -0.464 e. The fraction of sp³-hybridized carbons (Fsp3) is 0.200. The molecule has 2 aromatic rings. The number of benzene rings is 1. The average Bonchev–Trinajstić information content (AvgIpc) is 2.45. The quantitative estimate of drug-likeness (QED) is 0.621. The summed E-state index contributed by atoms with van der Waals surface area (Å²) < 4.78 is 56.5. The van der Waals surface area contributed by atoms with E-state index in [0.29, 0.717) is 17.7 Å². The van der Waals surface area contributed by atoms with E-state index in [4.69, 9.17) is 0 Å². The second-order valence-electron chi connectivity index (χ2n) is 4.57. The van der Waals surface area contributed by atoms with Crippen LogP contribution in [0.25, 0.3) is 11.1 Å². The van der Waals surface area contributed by atoms with E-state index in [0.717, 1.165) is 12.3 Å². The van der Waals surface area contributed by atoms with Crippen molar-refractivity contribution in [2.24, 2.45) is 0 Å². The third kappa shape index (κ3) is 3.08. The van der Waals surface area contributed by atoms with Crippen molar-refractivity contribution in [2.75, 3.05) is 7.11 Å². The van der Waals surface area contributed by atoms with Crippen LogP contribution in [0.4, 0.5) is 17.6 Å². The molecule has 0 aliphatic rings. The summed E-state index contributed by atoms with van der Waals surface area (Å²) in [6.45, 7) is 1.54. The number of rotatable bonds is 2. The van der Waals surface area contributed by atoms with Crippen LogP contribution in [0.5, 0.6) is 0 Å². The van der Waals surface area contributed by atoms with Gasteiger partial charge in [0.2, 0.25) is 0 Å². The fourth-order valence-corrected chi connectivity index (χ4v) is 1.96. The average molecular weight is 313 g/mol. The standard InChI is InChI=1S/C15H11F4NO2/c1-8-5-9(7-20-13(8)14(21)22-2)11-6-10(15(17,18)19)3-4-12(11)16/h3-7H,1-2H3. The Morgan fingerprint density at radius 2 is 1.91 bits per heavy atom. The number of ether oxygens (including phenoxy) is 1. The van der Waals surface area contributed by atoms with Crippen molar-refractivity contribution in [1.29, 1.82) is 0 Å². The maximum Gasteiger partial charge on any atom is 0.416 e. The van der Waals surface area contributed by atoms with E-state index < -0.39 is 23.5 Å². The van der Waals surface area contributed by atoms with Crippen LogP contribution in [0.2, 0.25) is 0 Å². The molecule has 2 rings (SSSR count). The van der Waals surface area contributed by atoms with Gasteiger partial charge < -0.3 is 4.74 Å². The lowest BCUT2D eigenvalue weighted by Crippen LogP contribution is -2.07. The van der Waals surface area contributed by atoms with Crippen LogP contribution in [-0.4, -0.2) is 18.1 Å². The first-order valence-electron chi connectivity index (χ1n) is 6.16. The summed E-state index contributed by atoms with van der Waals surface area (Å²) in [4.78, 5) is 15.3. The van der Waals surface area contributed by atoms with Crippen LogP contribution >= 0.6 is 0 Å². The Kier molecular flexibility index (Phi) is 4.16. The van der Waals surface area contributed by atoms with Crippen molar-refractivity contribution >= 4 is 5.97 Å². The number of aryl methyl sites for hydroxylation is 1. The summed E-state index contributed by atoms with van der Waals surface area (Å²) in [6.07, 6.45) is -3.44. The number of halogens is 4. The van der Waals surface area contributed by atoms with E-state index in [1.807, 2.05) is 0 Å². The van der Waals surface area contributed by atoms with Crippen molar-refractivity contribution in [3.8, 4) is 11.1 Å². The van der Waals surface area contributed by atoms with Crippen LogP contribution in [0.1, 0.15) is 21.6 Å². The van der Waals surface area contributed by atoms with Crippen LogP contribution in [-0.2, 0) is 10.9 Å². The van der Waals surface area contributed by atoms with Gasteiger partial charge in [0.25, 0.3) is 0 Å². The van der Waals surface area contributed by atoms with Crippen molar-refractivity contribution in [2.45, 2.75) is 13.1 Å². The number of esters is 1. The van der Waals surface area contributed by atoms with Gasteiger partial charge in [-0.2, -0.15) is 13.2 Å². The van der Waals surface area contributed by atoms with Gasteiger partial charge in [-0.1, -0.05) is 0 Å². The van der Waals surface area contributed by atoms with Gasteiger partial charge in [-0.25, -0.2) is 14.2 Å². The summed E-state index contributed by atoms with van der Waals surface area (Å²) in [5.41, 5.74) is -0.644. The zero-order valence-corrected chi connectivity index (χ0v) is 11.7. The Hall–Kier alpha value is -2.44. The lowest BCUT2D eigenvalue weighted by Gasteiger charge is -2.11. The summed E-state index contributed by atoms with van der Waals surface area (Å²) in [5.74, 6) is -1.48. The molecule has 1 aromatic carbocycles. The third-order valence-electron chi connectivity index (χ3n) is 3.06. The highest BCUT2D eigenvalue weighted by Crippen LogP contribution is 2.33. The highest BCUT2D eigenvalue weighted by Gasteiger charge is 2.31. The molecule has 0 radical (unpaired) electrons. The van der Waals surface area contributed by atoms with Gasteiger partial charge in [0.15, 0.2) is 5.69 Å². The minimum atomic E-state index is -4.57. The molecule has 0 atom stereocenters. The molecule has 1 aromatic heterocycles. The number of pyridine rings is 1. The molecule has 0 spiro atoms. The second-order valence-corrected chi connectivity index (χ2v) is 4.57. The van der Waals surface area contributed by atoms with Gasteiger partial charge in [-0.15, -0.1) is 0 Å². The van der Waals surface area contributed by atoms with Crippen LogP contribution < -0.4 is 0 Å². The highest BCUT2D eigenvalue weighted by atomic mass is 19.4. The number of hydrogen-bond donors (Lipinski definition) is 0. The second kappa shape index (κ2) is 5.75. The summed E-state index contributed by atoms with van der Waals surface area (Å²) in [7, 11) is 1.18. The number of alkyl halides is 3. The van der Waals surface area contributed by atoms with Gasteiger partial charge in [-0.3, -0.25) is 0 Å². The van der Waals surface area contributed by atoms with Crippen LogP contribution in [0, 0.1) is 12.7 Å². The predicted molar refractivity (Wildman–Crippen MR) is 70.7 cm³/mol. The minimum absolute atomic E-state index is 0.0265. The first-order valence-corrected chi connectivity index (χ1v) is 6.16. The lowest BCUT2D eigenvalue weighted by atomic mass is 10.0. The molecule has 0 amide bonds. The predicted octanol–water partition coefficient (Wildman–Crippen LogP) is 4.00. The molecule has 116 valence electrons. The summed E-state index contributed by atoms with van der Waals surface area (Å²) in [5, 5.41) is 0. The van der Waals surface area contributed by atoms with E-state index in [9.17, 15) is 22.4 Å². The molecular formula is C15H11F4NO2. The molecule has 0 N–H and O–H groups in total. The molecule has 0 unspecified atom stereocenters. The van der Waals surface area contributed by atoms with E-state index in [-0.39, 0.29) is 16.8 Å². The topological polar surface area (TPSA) is 39.2 Å². The Bertz CT molecular complexity index is 726. The molecule has 7 heteroatoms. The van der Waals surface area contributed by atoms with E-state index in [1.54, 1.807) is 0 Å². The smallest absolute Gasteiger partial charge is 0.416 e. The van der Waals surface area contributed by atoms with Crippen molar-refractivity contribution in [3.63, 3.8) is 0 Å². The van der Waals surface area contributed by atoms with E-state index in [2.05, 4.69) is 9.72 Å². The van der Waals surface area contributed by atoms with Crippen molar-refractivity contribution < 1.29 is 27.1 Å². The monoisotopic (exact) mass is 313 g/mol. The van der Waals surface area contributed by atoms with Gasteiger partial charge >= 0.3 is 12.1 Å². The molecule has 0 fully saturated rings. The molecule has 0 aliphatic heterocycles. The van der Waals surface area contributed by atoms with E-state index >= 15 is 0 Å². The number of carbonyl (C=O) groups excluding carboxylic acids is 1. The van der Waals surface area contributed by atoms with Gasteiger partial charge in [-0.05, 0) is 36.8 Å². The molecule has 22 heavy (non-hydrogen) atoms. The largest absolute Gasteiger partial charge is 0.464 e. The number of hydrogen-bond acceptors (Lipinski definition) is 3. The maximum atomic E-state index is 13.8. The normalized spacial score (nSPS) is 11.4. The molecule has 3 nitrogen and oxygen atoms in total. The Morgan fingerprint density at radius 3 is 2.45 bits per heavy atom. The Labute approximate surface area is 123 Å². The van der Waals surface area contributed by atoms with E-state index in [1.165, 1.54) is 20.1 Å². The first kappa shape index (κ1) is 15.9. The van der Waals surface area contributed by atoms with Crippen molar-refractivity contribution in [1.82, 2.24) is 4.98 Å². The first-order chi connectivity index (χ1) is 10.2. The van der Waals surface area contributed by atoms with Crippen LogP contribution in [0.3, 0.4) is 0 Å². The Balaban J connectivity index is 2.53. The zero-order valence-electron chi connectivity index (χ0n) is 11.7. The number of methoxy groups -OCH3 is 1. The fourth-order valence-electron chi connectivity index (χ4n) is 1.96. The highest BCUT2D eigenvalue weighted by molar-refractivity contribution is 5.89. The van der Waals surface area contributed by atoms with Gasteiger partial charge in [0.05, 0.1) is 12.7 Å². The van der Waals surface area contributed by atoms with Gasteiger partial charge in [0.1, 0.15) is 5.82 Å². The van der Waals surface area contributed by atoms with Crippen LogP contribution in [0.15, 0.2) is 30.5 Å². The molecular weight excluding hydrogens is 302 g/mol. The number of nitrogens with zero attached hydrogens (tertiary/aromatic N) is 1. The summed E-state index contributed by atoms with van der Waals surface area (Å²) >= 11 is 0. The third-order valence-corrected chi connectivity index (χ3v) is 3.06. The molecule has 0 aliphatic carbocycles. The molecule has 0 bridgehead atoms. The molecule has 1 heterocycles. The lowest BCUT2D eigenvalue weighted by molar-refractivity contribution is -0.137. The Morgan fingerprint density at radius 1 is 1.23 bits per heavy atom. The number of carbonyl (C=O) groups is 1. The molecule has 0 saturated heterocycles. The maximum absolute atomic E-state index is 13.8. The SMILES string of the molecule is COC(=O)c1ncc(-c2cc(C(F)(F)F)ccc2F)cc1C. The van der Waals surface area contributed by atoms with Crippen molar-refractivity contribution in [3.05, 3.63) is 53.1 Å².